The molecule has 2 aromatic rings. The average molecular weight is 309 g/mol. The first-order valence-electron chi connectivity index (χ1n) is 8.44. The summed E-state index contributed by atoms with van der Waals surface area (Å²) in [5, 5.41) is 3.83. The van der Waals surface area contributed by atoms with Crippen molar-refractivity contribution in [3.05, 3.63) is 48.2 Å². The van der Waals surface area contributed by atoms with Gasteiger partial charge in [-0.2, -0.15) is 4.98 Å². The molecule has 2 atom stereocenters. The van der Waals surface area contributed by atoms with Gasteiger partial charge >= 0.3 is 0 Å². The summed E-state index contributed by atoms with van der Waals surface area (Å²) in [6.45, 7) is 1.98. The Morgan fingerprint density at radius 3 is 2.61 bits per heavy atom. The monoisotopic (exact) mass is 309 g/mol. The number of benzene rings is 1. The van der Waals surface area contributed by atoms with E-state index in [1.807, 2.05) is 0 Å². The summed E-state index contributed by atoms with van der Waals surface area (Å²) in [6, 6.07) is 13.8. The Kier molecular flexibility index (Phi) is 3.87. The maximum Gasteiger partial charge on any atom is 0.227 e. The topological polar surface area (TPSA) is 67.1 Å². The molecule has 3 N–H and O–H groups in total. The number of rotatable bonds is 4. The normalized spacial score (nSPS) is 24.6. The van der Waals surface area contributed by atoms with Crippen LogP contribution in [0.1, 0.15) is 30.7 Å². The largest absolute Gasteiger partial charge is 0.384 e. The van der Waals surface area contributed by atoms with Crippen LogP contribution in [-0.2, 0) is 0 Å². The lowest BCUT2D eigenvalue weighted by Gasteiger charge is -2.32. The van der Waals surface area contributed by atoms with Gasteiger partial charge in [-0.15, -0.1) is 0 Å². The number of nitrogens with one attached hydrogen (secondary N) is 1. The van der Waals surface area contributed by atoms with Crippen LogP contribution < -0.4 is 16.0 Å². The van der Waals surface area contributed by atoms with Gasteiger partial charge in [-0.25, -0.2) is 4.98 Å². The van der Waals surface area contributed by atoms with E-state index in [-0.39, 0.29) is 0 Å². The van der Waals surface area contributed by atoms with Gasteiger partial charge in [0.15, 0.2) is 0 Å². The SMILES string of the molecule is Nc1ccnc(N2CCC(N[C@H]3C[C@@H]3c3ccccc3)CC2)n1. The van der Waals surface area contributed by atoms with E-state index in [0.717, 1.165) is 31.9 Å². The number of nitrogens with zero attached hydrogens (tertiary/aromatic N) is 3. The van der Waals surface area contributed by atoms with Crippen LogP contribution >= 0.6 is 0 Å². The quantitative estimate of drug-likeness (QED) is 0.906. The van der Waals surface area contributed by atoms with E-state index in [4.69, 9.17) is 5.73 Å². The number of hydrogen-bond acceptors (Lipinski definition) is 5. The zero-order chi connectivity index (χ0) is 15.6. The second-order valence-electron chi connectivity index (χ2n) is 6.57. The maximum atomic E-state index is 5.75. The van der Waals surface area contributed by atoms with Crippen LogP contribution in [0.3, 0.4) is 0 Å². The fourth-order valence-corrected chi connectivity index (χ4v) is 3.51. The first kappa shape index (κ1) is 14.5. The van der Waals surface area contributed by atoms with Gasteiger partial charge in [-0.1, -0.05) is 30.3 Å². The number of aromatic nitrogens is 2. The third kappa shape index (κ3) is 3.29. The van der Waals surface area contributed by atoms with E-state index in [1.165, 1.54) is 12.0 Å². The molecule has 5 heteroatoms. The minimum Gasteiger partial charge on any atom is -0.384 e. The van der Waals surface area contributed by atoms with Crippen LogP contribution in [-0.4, -0.2) is 35.1 Å². The highest BCUT2D eigenvalue weighted by Gasteiger charge is 2.39. The van der Waals surface area contributed by atoms with Gasteiger partial charge in [0.2, 0.25) is 5.95 Å². The Morgan fingerprint density at radius 2 is 1.87 bits per heavy atom. The van der Waals surface area contributed by atoms with Gasteiger partial charge in [0, 0.05) is 37.3 Å². The van der Waals surface area contributed by atoms with Crippen molar-refractivity contribution in [3.8, 4) is 0 Å². The number of piperidine rings is 1. The molecule has 0 spiro atoms. The molecule has 120 valence electrons. The Labute approximate surface area is 136 Å². The molecule has 1 aromatic carbocycles. The van der Waals surface area contributed by atoms with Crippen molar-refractivity contribution in [1.29, 1.82) is 0 Å². The van der Waals surface area contributed by atoms with Crippen molar-refractivity contribution in [2.45, 2.75) is 37.3 Å². The molecule has 1 aliphatic heterocycles. The summed E-state index contributed by atoms with van der Waals surface area (Å²) >= 11 is 0. The smallest absolute Gasteiger partial charge is 0.227 e. The molecule has 2 aliphatic rings. The van der Waals surface area contributed by atoms with Crippen LogP contribution in [0.2, 0.25) is 0 Å². The van der Waals surface area contributed by atoms with Gasteiger partial charge in [0.25, 0.3) is 0 Å². The molecule has 5 nitrogen and oxygen atoms in total. The Bertz CT molecular complexity index is 651. The minimum atomic E-state index is 0.541. The number of nitrogen functional groups attached to an aromatic ring is 1. The molecule has 1 saturated carbocycles. The average Bonchev–Trinajstić information content (AvgIpc) is 3.36. The summed E-state index contributed by atoms with van der Waals surface area (Å²) in [7, 11) is 0. The van der Waals surface area contributed by atoms with Crippen molar-refractivity contribution in [3.63, 3.8) is 0 Å². The summed E-state index contributed by atoms with van der Waals surface area (Å²) in [5.41, 5.74) is 7.22. The van der Waals surface area contributed by atoms with Crippen molar-refractivity contribution < 1.29 is 0 Å². The molecule has 0 unspecified atom stereocenters. The number of hydrogen-bond donors (Lipinski definition) is 2. The van der Waals surface area contributed by atoms with Crippen LogP contribution in [0.4, 0.5) is 11.8 Å². The van der Waals surface area contributed by atoms with E-state index in [0.29, 0.717) is 23.8 Å². The first-order chi connectivity index (χ1) is 11.3. The highest BCUT2D eigenvalue weighted by molar-refractivity contribution is 5.38. The van der Waals surface area contributed by atoms with Crippen molar-refractivity contribution in [2.24, 2.45) is 0 Å². The molecule has 0 amide bonds. The molecule has 2 heterocycles. The predicted octanol–water partition coefficient (Wildman–Crippen LogP) is 2.17. The fraction of sp³-hybridized carbons (Fsp3) is 0.444. The van der Waals surface area contributed by atoms with E-state index in [9.17, 15) is 0 Å². The third-order valence-electron chi connectivity index (χ3n) is 4.91. The highest BCUT2D eigenvalue weighted by atomic mass is 15.3. The molecule has 0 radical (unpaired) electrons. The zero-order valence-corrected chi connectivity index (χ0v) is 13.2. The van der Waals surface area contributed by atoms with Gasteiger partial charge in [-0.05, 0) is 30.9 Å². The van der Waals surface area contributed by atoms with E-state index < -0.39 is 0 Å². The van der Waals surface area contributed by atoms with Crippen LogP contribution in [0.15, 0.2) is 42.6 Å². The van der Waals surface area contributed by atoms with E-state index in [1.54, 1.807) is 12.3 Å². The molecular formula is C18H23N5. The molecular weight excluding hydrogens is 286 g/mol. The van der Waals surface area contributed by atoms with Crippen molar-refractivity contribution in [2.75, 3.05) is 23.7 Å². The zero-order valence-electron chi connectivity index (χ0n) is 13.2. The maximum absolute atomic E-state index is 5.75. The predicted molar refractivity (Wildman–Crippen MR) is 92.4 cm³/mol. The fourth-order valence-electron chi connectivity index (χ4n) is 3.51. The van der Waals surface area contributed by atoms with E-state index >= 15 is 0 Å². The molecule has 0 bridgehead atoms. The third-order valence-corrected chi connectivity index (χ3v) is 4.91. The Balaban J connectivity index is 1.28. The lowest BCUT2D eigenvalue weighted by Crippen LogP contribution is -2.44. The minimum absolute atomic E-state index is 0.541. The molecule has 1 aromatic heterocycles. The van der Waals surface area contributed by atoms with Gasteiger partial charge in [-0.3, -0.25) is 0 Å². The second-order valence-corrected chi connectivity index (χ2v) is 6.57. The van der Waals surface area contributed by atoms with Crippen LogP contribution in [0, 0.1) is 0 Å². The molecule has 1 aliphatic carbocycles. The van der Waals surface area contributed by atoms with Crippen LogP contribution in [0.25, 0.3) is 0 Å². The molecule has 2 fully saturated rings. The van der Waals surface area contributed by atoms with Gasteiger partial charge < -0.3 is 16.0 Å². The summed E-state index contributed by atoms with van der Waals surface area (Å²) in [5.74, 6) is 2.00. The highest BCUT2D eigenvalue weighted by Crippen LogP contribution is 2.41. The second kappa shape index (κ2) is 6.16. The summed E-state index contributed by atoms with van der Waals surface area (Å²) in [4.78, 5) is 10.9. The molecule has 1 saturated heterocycles. The Hall–Kier alpha value is -2.14. The lowest BCUT2D eigenvalue weighted by molar-refractivity contribution is 0.407. The van der Waals surface area contributed by atoms with Gasteiger partial charge in [0.1, 0.15) is 5.82 Å². The van der Waals surface area contributed by atoms with Gasteiger partial charge in [0.05, 0.1) is 0 Å². The number of anilines is 2. The van der Waals surface area contributed by atoms with Crippen LogP contribution in [0.5, 0.6) is 0 Å². The number of nitrogens with two attached hydrogens (primary N) is 1. The van der Waals surface area contributed by atoms with E-state index in [2.05, 4.69) is 50.5 Å². The summed E-state index contributed by atoms with van der Waals surface area (Å²) in [6.07, 6.45) is 5.27. The lowest BCUT2D eigenvalue weighted by atomic mass is 10.0. The molecule has 4 rings (SSSR count). The standard InChI is InChI=1S/C18H23N5/c19-17-6-9-20-18(22-17)23-10-7-14(8-11-23)21-16-12-15(16)13-4-2-1-3-5-13/h1-6,9,14-16,21H,7-8,10-12H2,(H2,19,20,22)/t15-,16+/m1/s1. The van der Waals surface area contributed by atoms with Crippen molar-refractivity contribution in [1.82, 2.24) is 15.3 Å². The summed E-state index contributed by atoms with van der Waals surface area (Å²) < 4.78 is 0. The molecule has 23 heavy (non-hydrogen) atoms. The van der Waals surface area contributed by atoms with Crippen molar-refractivity contribution >= 4 is 11.8 Å². The first-order valence-corrected chi connectivity index (χ1v) is 8.44. The Morgan fingerprint density at radius 1 is 1.09 bits per heavy atom.